The van der Waals surface area contributed by atoms with Crippen LogP contribution in [-0.2, 0) is 6.18 Å². The number of rotatable bonds is 1. The summed E-state index contributed by atoms with van der Waals surface area (Å²) < 4.78 is 39.3. The predicted molar refractivity (Wildman–Crippen MR) is 71.6 cm³/mol. The highest BCUT2D eigenvalue weighted by molar-refractivity contribution is 5.77. The molecule has 0 spiro atoms. The van der Waals surface area contributed by atoms with Gasteiger partial charge in [0, 0.05) is 18.1 Å². The molecule has 1 heterocycles. The number of fused-ring (bicyclic) bond motifs is 1. The molecule has 0 bridgehead atoms. The van der Waals surface area contributed by atoms with Crippen molar-refractivity contribution in [2.24, 2.45) is 0 Å². The molecule has 0 saturated heterocycles. The van der Waals surface area contributed by atoms with Crippen molar-refractivity contribution >= 4 is 11.4 Å². The average molecular weight is 272 g/mol. The summed E-state index contributed by atoms with van der Waals surface area (Å²) in [6, 6.07) is 4.50. The second-order valence-electron chi connectivity index (χ2n) is 5.93. The summed E-state index contributed by atoms with van der Waals surface area (Å²) in [5.74, 6) is 0. The van der Waals surface area contributed by atoms with E-state index in [9.17, 15) is 13.2 Å². The molecule has 2 rings (SSSR count). The van der Waals surface area contributed by atoms with Crippen molar-refractivity contribution in [2.45, 2.75) is 45.5 Å². The molecule has 0 amide bonds. The summed E-state index contributed by atoms with van der Waals surface area (Å²) in [4.78, 5) is 2.01. The second kappa shape index (κ2) is 4.32. The standard InChI is InChI=1S/C14H19F3N2/c1-9(2)19-8-13(3,4)18-12-10(14(15,16)17)6-5-7-11(12)19/h5-7,9,18H,8H2,1-4H3. The first kappa shape index (κ1) is 14.0. The van der Waals surface area contributed by atoms with Crippen molar-refractivity contribution < 1.29 is 13.2 Å². The van der Waals surface area contributed by atoms with Crippen molar-refractivity contribution in [3.63, 3.8) is 0 Å². The highest BCUT2D eigenvalue weighted by Gasteiger charge is 2.39. The van der Waals surface area contributed by atoms with Crippen LogP contribution in [0.5, 0.6) is 0 Å². The maximum Gasteiger partial charge on any atom is 0.418 e. The van der Waals surface area contributed by atoms with Gasteiger partial charge in [0.1, 0.15) is 0 Å². The molecule has 1 aliphatic rings. The fourth-order valence-electron chi connectivity index (χ4n) is 2.50. The van der Waals surface area contributed by atoms with E-state index >= 15 is 0 Å². The zero-order valence-corrected chi connectivity index (χ0v) is 11.6. The van der Waals surface area contributed by atoms with Crippen LogP contribution in [0.2, 0.25) is 0 Å². The van der Waals surface area contributed by atoms with Gasteiger partial charge in [-0.25, -0.2) is 0 Å². The van der Waals surface area contributed by atoms with Gasteiger partial charge in [-0.3, -0.25) is 0 Å². The predicted octanol–water partition coefficient (Wildman–Crippen LogP) is 4.12. The number of para-hydroxylation sites is 1. The third kappa shape index (κ3) is 2.65. The zero-order valence-electron chi connectivity index (χ0n) is 11.6. The highest BCUT2D eigenvalue weighted by atomic mass is 19.4. The molecule has 1 aromatic rings. The maximum absolute atomic E-state index is 13.1. The molecule has 19 heavy (non-hydrogen) atoms. The summed E-state index contributed by atoms with van der Waals surface area (Å²) in [5, 5.41) is 3.03. The number of benzene rings is 1. The van der Waals surface area contributed by atoms with Crippen molar-refractivity contribution in [1.29, 1.82) is 0 Å². The quantitative estimate of drug-likeness (QED) is 0.827. The first-order valence-electron chi connectivity index (χ1n) is 6.37. The van der Waals surface area contributed by atoms with Crippen LogP contribution in [-0.4, -0.2) is 18.1 Å². The number of alkyl halides is 3. The lowest BCUT2D eigenvalue weighted by molar-refractivity contribution is -0.137. The van der Waals surface area contributed by atoms with Crippen LogP contribution in [0.25, 0.3) is 0 Å². The second-order valence-corrected chi connectivity index (χ2v) is 5.93. The van der Waals surface area contributed by atoms with Gasteiger partial charge in [-0.15, -0.1) is 0 Å². The van der Waals surface area contributed by atoms with Gasteiger partial charge in [0.15, 0.2) is 0 Å². The van der Waals surface area contributed by atoms with E-state index in [1.165, 1.54) is 6.07 Å². The Morgan fingerprint density at radius 2 is 1.89 bits per heavy atom. The molecule has 2 nitrogen and oxygen atoms in total. The Labute approximate surface area is 111 Å². The van der Waals surface area contributed by atoms with Gasteiger partial charge in [0.05, 0.1) is 16.9 Å². The summed E-state index contributed by atoms with van der Waals surface area (Å²) >= 11 is 0. The molecule has 0 saturated carbocycles. The van der Waals surface area contributed by atoms with Crippen molar-refractivity contribution in [1.82, 2.24) is 0 Å². The molecule has 0 unspecified atom stereocenters. The van der Waals surface area contributed by atoms with E-state index < -0.39 is 17.3 Å². The fourth-order valence-corrected chi connectivity index (χ4v) is 2.50. The molecule has 1 aliphatic heterocycles. The Kier molecular flexibility index (Phi) is 3.19. The zero-order chi connectivity index (χ0) is 14.4. The van der Waals surface area contributed by atoms with E-state index in [1.54, 1.807) is 6.07 Å². The van der Waals surface area contributed by atoms with E-state index in [1.807, 2.05) is 32.6 Å². The Balaban J connectivity index is 2.60. The fraction of sp³-hybridized carbons (Fsp3) is 0.571. The molecular formula is C14H19F3N2. The Bertz CT molecular complexity index is 478. The van der Waals surface area contributed by atoms with Gasteiger partial charge in [-0.05, 0) is 39.8 Å². The number of halogens is 3. The van der Waals surface area contributed by atoms with Gasteiger partial charge in [0.25, 0.3) is 0 Å². The first-order chi connectivity index (χ1) is 8.62. The lowest BCUT2D eigenvalue weighted by Gasteiger charge is -2.45. The van der Waals surface area contributed by atoms with Crippen molar-refractivity contribution in [3.8, 4) is 0 Å². The van der Waals surface area contributed by atoms with Gasteiger partial charge >= 0.3 is 6.18 Å². The minimum atomic E-state index is -4.34. The van der Waals surface area contributed by atoms with E-state index in [4.69, 9.17) is 0 Å². The molecule has 0 radical (unpaired) electrons. The van der Waals surface area contributed by atoms with Crippen LogP contribution < -0.4 is 10.2 Å². The lowest BCUT2D eigenvalue weighted by atomic mass is 9.96. The summed E-state index contributed by atoms with van der Waals surface area (Å²) in [6.45, 7) is 8.49. The van der Waals surface area contributed by atoms with E-state index in [0.29, 0.717) is 12.2 Å². The van der Waals surface area contributed by atoms with E-state index in [-0.39, 0.29) is 11.7 Å². The van der Waals surface area contributed by atoms with E-state index in [2.05, 4.69) is 5.32 Å². The van der Waals surface area contributed by atoms with Gasteiger partial charge in [0.2, 0.25) is 0 Å². The van der Waals surface area contributed by atoms with Crippen LogP contribution in [0.15, 0.2) is 18.2 Å². The lowest BCUT2D eigenvalue weighted by Crippen LogP contribution is -2.51. The molecule has 0 atom stereocenters. The van der Waals surface area contributed by atoms with Crippen LogP contribution in [0, 0.1) is 0 Å². The molecule has 1 aromatic carbocycles. The molecule has 5 heteroatoms. The summed E-state index contributed by atoms with van der Waals surface area (Å²) in [6.07, 6.45) is -4.34. The number of anilines is 2. The highest BCUT2D eigenvalue weighted by Crippen LogP contribution is 2.44. The monoisotopic (exact) mass is 272 g/mol. The number of nitrogens with one attached hydrogen (secondary N) is 1. The molecule has 1 N–H and O–H groups in total. The molecule has 0 aliphatic carbocycles. The van der Waals surface area contributed by atoms with Crippen LogP contribution in [0.4, 0.5) is 24.5 Å². The van der Waals surface area contributed by atoms with Gasteiger partial charge < -0.3 is 10.2 Å². The summed E-state index contributed by atoms with van der Waals surface area (Å²) in [5.41, 5.74) is -0.161. The Morgan fingerprint density at radius 3 is 2.42 bits per heavy atom. The minimum Gasteiger partial charge on any atom is -0.376 e. The minimum absolute atomic E-state index is 0.156. The van der Waals surface area contributed by atoms with Gasteiger partial charge in [-0.1, -0.05) is 6.07 Å². The smallest absolute Gasteiger partial charge is 0.376 e. The van der Waals surface area contributed by atoms with Gasteiger partial charge in [-0.2, -0.15) is 13.2 Å². The largest absolute Gasteiger partial charge is 0.418 e. The number of nitrogens with zero attached hydrogens (tertiary/aromatic N) is 1. The van der Waals surface area contributed by atoms with Crippen LogP contribution >= 0.6 is 0 Å². The molecule has 106 valence electrons. The first-order valence-corrected chi connectivity index (χ1v) is 6.37. The third-order valence-corrected chi connectivity index (χ3v) is 3.31. The van der Waals surface area contributed by atoms with Crippen molar-refractivity contribution in [3.05, 3.63) is 23.8 Å². The Hall–Kier alpha value is -1.39. The van der Waals surface area contributed by atoms with E-state index in [0.717, 1.165) is 6.07 Å². The van der Waals surface area contributed by atoms with Crippen molar-refractivity contribution in [2.75, 3.05) is 16.8 Å². The Morgan fingerprint density at radius 1 is 1.26 bits per heavy atom. The molecule has 0 fully saturated rings. The summed E-state index contributed by atoms with van der Waals surface area (Å²) in [7, 11) is 0. The topological polar surface area (TPSA) is 15.3 Å². The SMILES string of the molecule is CC(C)N1CC(C)(C)Nc2c1cccc2C(F)(F)F. The maximum atomic E-state index is 13.1. The van der Waals surface area contributed by atoms with Crippen LogP contribution in [0.3, 0.4) is 0 Å². The average Bonchev–Trinajstić information content (AvgIpc) is 2.24. The number of hydrogen-bond donors (Lipinski definition) is 1. The third-order valence-electron chi connectivity index (χ3n) is 3.31. The normalized spacial score (nSPS) is 18.2. The van der Waals surface area contributed by atoms with Crippen LogP contribution in [0.1, 0.15) is 33.3 Å². The number of hydrogen-bond acceptors (Lipinski definition) is 2. The molecule has 0 aromatic heterocycles. The molecular weight excluding hydrogens is 253 g/mol.